The van der Waals surface area contributed by atoms with Crippen molar-refractivity contribution in [3.63, 3.8) is 0 Å². The number of likely N-dealkylation sites (tertiary alicyclic amines) is 1. The third kappa shape index (κ3) is 3.62. The van der Waals surface area contributed by atoms with Crippen LogP contribution in [0.1, 0.15) is 12.8 Å². The maximum Gasteiger partial charge on any atom is 0.243 e. The zero-order valence-corrected chi connectivity index (χ0v) is 11.9. The lowest BCUT2D eigenvalue weighted by atomic mass is 10.1. The first-order chi connectivity index (χ1) is 9.01. The number of nitrogens with one attached hydrogen (secondary N) is 2. The van der Waals surface area contributed by atoms with Gasteiger partial charge in [0.25, 0.3) is 0 Å². The minimum absolute atomic E-state index is 0.0484. The van der Waals surface area contributed by atoms with Gasteiger partial charge in [-0.05, 0) is 26.4 Å². The Labute approximate surface area is 113 Å². The lowest BCUT2D eigenvalue weighted by molar-refractivity contribution is 0.242. The predicted molar refractivity (Wildman–Crippen MR) is 72.4 cm³/mol. The molecule has 1 fully saturated rings. The van der Waals surface area contributed by atoms with Crippen molar-refractivity contribution in [2.45, 2.75) is 23.8 Å². The Bertz CT molecular complexity index is 516. The van der Waals surface area contributed by atoms with Crippen LogP contribution < -0.4 is 10.0 Å². The number of hydrogen-bond acceptors (Lipinski definition) is 6. The van der Waals surface area contributed by atoms with Crippen LogP contribution in [0.2, 0.25) is 0 Å². The van der Waals surface area contributed by atoms with Crippen LogP contribution >= 0.6 is 0 Å². The van der Waals surface area contributed by atoms with E-state index in [1.54, 1.807) is 7.05 Å². The quantitative estimate of drug-likeness (QED) is 0.803. The van der Waals surface area contributed by atoms with Gasteiger partial charge in [-0.2, -0.15) is 0 Å². The normalized spacial score (nSPS) is 21.3. The van der Waals surface area contributed by atoms with Crippen molar-refractivity contribution < 1.29 is 8.42 Å². The molecule has 1 saturated heterocycles. The average molecular weight is 285 g/mol. The molecule has 7 nitrogen and oxygen atoms in total. The lowest BCUT2D eigenvalue weighted by Gasteiger charge is -2.29. The summed E-state index contributed by atoms with van der Waals surface area (Å²) >= 11 is 0. The van der Waals surface area contributed by atoms with Crippen LogP contribution in [-0.4, -0.2) is 56.5 Å². The molecule has 2 rings (SSSR count). The molecule has 0 radical (unpaired) electrons. The maximum absolute atomic E-state index is 12.2. The molecular weight excluding hydrogens is 266 g/mol. The molecular formula is C11H19N5O2S. The number of nitrogens with zero attached hydrogens (tertiary/aromatic N) is 3. The SMILES string of the molecule is CNc1ncc(S(=O)(=O)NC2CCCN(C)C2)cn1. The van der Waals surface area contributed by atoms with Gasteiger partial charge in [0, 0.05) is 19.6 Å². The van der Waals surface area contributed by atoms with Crippen LogP contribution in [0.4, 0.5) is 5.95 Å². The van der Waals surface area contributed by atoms with E-state index in [-0.39, 0.29) is 10.9 Å². The van der Waals surface area contributed by atoms with Gasteiger partial charge in [0.05, 0.1) is 12.4 Å². The molecule has 1 aromatic heterocycles. The molecule has 2 heterocycles. The third-order valence-corrected chi connectivity index (χ3v) is 4.58. The van der Waals surface area contributed by atoms with Gasteiger partial charge in [-0.15, -0.1) is 0 Å². The van der Waals surface area contributed by atoms with Crippen molar-refractivity contribution in [2.75, 3.05) is 32.5 Å². The van der Waals surface area contributed by atoms with E-state index in [1.165, 1.54) is 12.4 Å². The molecule has 0 aliphatic carbocycles. The van der Waals surface area contributed by atoms with E-state index in [0.717, 1.165) is 25.9 Å². The maximum atomic E-state index is 12.2. The van der Waals surface area contributed by atoms with Crippen molar-refractivity contribution in [2.24, 2.45) is 0 Å². The highest BCUT2D eigenvalue weighted by Gasteiger charge is 2.24. The minimum Gasteiger partial charge on any atom is -0.357 e. The molecule has 19 heavy (non-hydrogen) atoms. The number of anilines is 1. The van der Waals surface area contributed by atoms with Crippen molar-refractivity contribution >= 4 is 16.0 Å². The zero-order valence-electron chi connectivity index (χ0n) is 11.1. The van der Waals surface area contributed by atoms with E-state index < -0.39 is 10.0 Å². The van der Waals surface area contributed by atoms with Crippen LogP contribution in [0, 0.1) is 0 Å². The van der Waals surface area contributed by atoms with Crippen LogP contribution in [-0.2, 0) is 10.0 Å². The number of hydrogen-bond donors (Lipinski definition) is 2. The molecule has 106 valence electrons. The second kappa shape index (κ2) is 5.81. The summed E-state index contributed by atoms with van der Waals surface area (Å²) in [5, 5.41) is 2.75. The molecule has 0 bridgehead atoms. The van der Waals surface area contributed by atoms with Crippen molar-refractivity contribution in [1.29, 1.82) is 0 Å². The molecule has 0 aromatic carbocycles. The van der Waals surface area contributed by atoms with Gasteiger partial charge in [-0.25, -0.2) is 23.1 Å². The fourth-order valence-corrected chi connectivity index (χ4v) is 3.28. The van der Waals surface area contributed by atoms with Crippen molar-refractivity contribution in [1.82, 2.24) is 19.6 Å². The Hall–Kier alpha value is -1.25. The summed E-state index contributed by atoms with van der Waals surface area (Å²) < 4.78 is 27.1. The summed E-state index contributed by atoms with van der Waals surface area (Å²) in [5.41, 5.74) is 0. The standard InChI is InChI=1S/C11H19N5O2S/c1-12-11-13-6-10(7-14-11)19(17,18)15-9-4-3-5-16(2)8-9/h6-7,9,15H,3-5,8H2,1-2H3,(H,12,13,14). The third-order valence-electron chi connectivity index (χ3n) is 3.11. The smallest absolute Gasteiger partial charge is 0.243 e. The highest BCUT2D eigenvalue weighted by atomic mass is 32.2. The molecule has 1 atom stereocenters. The highest BCUT2D eigenvalue weighted by molar-refractivity contribution is 7.89. The van der Waals surface area contributed by atoms with Gasteiger partial charge < -0.3 is 10.2 Å². The average Bonchev–Trinajstić information content (AvgIpc) is 2.38. The van der Waals surface area contributed by atoms with E-state index in [9.17, 15) is 8.42 Å². The zero-order chi connectivity index (χ0) is 13.9. The molecule has 0 saturated carbocycles. The van der Waals surface area contributed by atoms with Gasteiger partial charge >= 0.3 is 0 Å². The number of piperidine rings is 1. The summed E-state index contributed by atoms with van der Waals surface area (Å²) in [7, 11) is 0.134. The summed E-state index contributed by atoms with van der Waals surface area (Å²) in [5.74, 6) is 0.399. The van der Waals surface area contributed by atoms with Crippen molar-refractivity contribution in [3.05, 3.63) is 12.4 Å². The number of rotatable bonds is 4. The Kier molecular flexibility index (Phi) is 4.33. The van der Waals surface area contributed by atoms with Crippen LogP contribution in [0.3, 0.4) is 0 Å². The molecule has 0 amide bonds. The topological polar surface area (TPSA) is 87.2 Å². The Morgan fingerprint density at radius 2 is 2.05 bits per heavy atom. The fraction of sp³-hybridized carbons (Fsp3) is 0.636. The van der Waals surface area contributed by atoms with E-state index >= 15 is 0 Å². The second-order valence-electron chi connectivity index (χ2n) is 4.72. The van der Waals surface area contributed by atoms with Gasteiger partial charge in [0.15, 0.2) is 0 Å². The number of likely N-dealkylation sites (N-methyl/N-ethyl adjacent to an activating group) is 1. The lowest BCUT2D eigenvalue weighted by Crippen LogP contribution is -2.46. The first-order valence-corrected chi connectivity index (χ1v) is 7.70. The summed E-state index contributed by atoms with van der Waals surface area (Å²) in [4.78, 5) is 10.1. The molecule has 8 heteroatoms. The molecule has 1 unspecified atom stereocenters. The van der Waals surface area contributed by atoms with Gasteiger partial charge in [0.1, 0.15) is 4.90 Å². The van der Waals surface area contributed by atoms with E-state index in [0.29, 0.717) is 5.95 Å². The molecule has 1 aromatic rings. The van der Waals surface area contributed by atoms with E-state index in [2.05, 4.69) is 24.9 Å². The fourth-order valence-electron chi connectivity index (χ4n) is 2.13. The van der Waals surface area contributed by atoms with Crippen molar-refractivity contribution in [3.8, 4) is 0 Å². The van der Waals surface area contributed by atoms with Gasteiger partial charge in [0.2, 0.25) is 16.0 Å². The monoisotopic (exact) mass is 285 g/mol. The van der Waals surface area contributed by atoms with Crippen LogP contribution in [0.5, 0.6) is 0 Å². The van der Waals surface area contributed by atoms with Crippen LogP contribution in [0.15, 0.2) is 17.3 Å². The Morgan fingerprint density at radius 1 is 1.37 bits per heavy atom. The second-order valence-corrected chi connectivity index (χ2v) is 6.43. The van der Waals surface area contributed by atoms with Gasteiger partial charge in [-0.3, -0.25) is 0 Å². The van der Waals surface area contributed by atoms with E-state index in [1.807, 2.05) is 7.05 Å². The molecule has 2 N–H and O–H groups in total. The van der Waals surface area contributed by atoms with E-state index in [4.69, 9.17) is 0 Å². The molecule has 0 spiro atoms. The number of aromatic nitrogens is 2. The summed E-state index contributed by atoms with van der Waals surface area (Å²) in [6.07, 6.45) is 4.49. The Balaban J connectivity index is 2.08. The largest absolute Gasteiger partial charge is 0.357 e. The molecule has 1 aliphatic rings. The first-order valence-electron chi connectivity index (χ1n) is 6.22. The first kappa shape index (κ1) is 14.2. The number of sulfonamides is 1. The Morgan fingerprint density at radius 3 is 2.63 bits per heavy atom. The summed E-state index contributed by atoms with van der Waals surface area (Å²) in [6.45, 7) is 1.74. The van der Waals surface area contributed by atoms with Gasteiger partial charge in [-0.1, -0.05) is 0 Å². The minimum atomic E-state index is -3.54. The molecule has 1 aliphatic heterocycles. The summed E-state index contributed by atoms with van der Waals surface area (Å²) in [6, 6.07) is -0.0484. The highest BCUT2D eigenvalue weighted by Crippen LogP contribution is 2.13. The predicted octanol–water partition coefficient (Wildman–Crippen LogP) is -0.109. The van der Waals surface area contributed by atoms with Crippen LogP contribution in [0.25, 0.3) is 0 Å².